The fourth-order valence-corrected chi connectivity index (χ4v) is 4.68. The highest BCUT2D eigenvalue weighted by Crippen LogP contribution is 2.30. The van der Waals surface area contributed by atoms with Crippen molar-refractivity contribution in [3.63, 3.8) is 0 Å². The molecule has 1 amide bonds. The van der Waals surface area contributed by atoms with E-state index in [1.54, 1.807) is 7.11 Å². The Morgan fingerprint density at radius 1 is 0.886 bits per heavy atom. The second-order valence-corrected chi connectivity index (χ2v) is 9.43. The van der Waals surface area contributed by atoms with E-state index in [1.165, 1.54) is 16.9 Å². The number of methoxy groups -OCH3 is 1. The summed E-state index contributed by atoms with van der Waals surface area (Å²) in [6.07, 6.45) is 0. The third-order valence-corrected chi connectivity index (χ3v) is 6.68. The van der Waals surface area contributed by atoms with Crippen LogP contribution in [0.2, 0.25) is 0 Å². The van der Waals surface area contributed by atoms with E-state index in [2.05, 4.69) is 48.4 Å². The summed E-state index contributed by atoms with van der Waals surface area (Å²) < 4.78 is 5.36. The van der Waals surface area contributed by atoms with E-state index in [0.717, 1.165) is 33.5 Å². The van der Waals surface area contributed by atoms with Gasteiger partial charge in [-0.1, -0.05) is 68.4 Å². The van der Waals surface area contributed by atoms with E-state index in [-0.39, 0.29) is 5.91 Å². The molecule has 0 atom stereocenters. The number of ether oxygens (including phenoxy) is 1. The maximum absolute atomic E-state index is 13.4. The molecule has 0 saturated carbocycles. The van der Waals surface area contributed by atoms with Gasteiger partial charge in [-0.15, -0.1) is 11.3 Å². The van der Waals surface area contributed by atoms with E-state index in [4.69, 9.17) is 9.72 Å². The van der Waals surface area contributed by atoms with Crippen molar-refractivity contribution in [1.82, 2.24) is 9.97 Å². The van der Waals surface area contributed by atoms with Gasteiger partial charge in [0.15, 0.2) is 5.13 Å². The summed E-state index contributed by atoms with van der Waals surface area (Å²) in [4.78, 5) is 22.8. The molecule has 0 saturated heterocycles. The van der Waals surface area contributed by atoms with Gasteiger partial charge >= 0.3 is 0 Å². The fourth-order valence-electron chi connectivity index (χ4n) is 3.96. The SMILES string of the molecule is COc1cccc(-c2cc(C(=O)Nc3nc(-c4ccc(C(C)C)cc4)cs3)c3ccccc3n2)c1. The number of carbonyl (C=O) groups is 1. The lowest BCUT2D eigenvalue weighted by atomic mass is 10.0. The van der Waals surface area contributed by atoms with Crippen molar-refractivity contribution in [3.8, 4) is 28.3 Å². The average Bonchev–Trinajstić information content (AvgIpc) is 3.36. The van der Waals surface area contributed by atoms with Crippen LogP contribution in [-0.4, -0.2) is 23.0 Å². The number of hydrogen-bond donors (Lipinski definition) is 1. The molecule has 5 rings (SSSR count). The summed E-state index contributed by atoms with van der Waals surface area (Å²) in [5.74, 6) is 0.996. The predicted molar refractivity (Wildman–Crippen MR) is 143 cm³/mol. The molecule has 3 aromatic carbocycles. The Morgan fingerprint density at radius 2 is 1.69 bits per heavy atom. The first-order chi connectivity index (χ1) is 17.0. The van der Waals surface area contributed by atoms with E-state index < -0.39 is 0 Å². The number of para-hydroxylation sites is 1. The van der Waals surface area contributed by atoms with E-state index in [9.17, 15) is 4.79 Å². The van der Waals surface area contributed by atoms with E-state index in [0.29, 0.717) is 22.3 Å². The lowest BCUT2D eigenvalue weighted by molar-refractivity contribution is 0.102. The largest absolute Gasteiger partial charge is 0.497 e. The first kappa shape index (κ1) is 22.7. The highest BCUT2D eigenvalue weighted by Gasteiger charge is 2.16. The molecule has 0 bridgehead atoms. The molecule has 2 heterocycles. The number of thiazole rings is 1. The number of anilines is 1. The van der Waals surface area contributed by atoms with Gasteiger partial charge in [0.25, 0.3) is 5.91 Å². The number of pyridine rings is 1. The number of fused-ring (bicyclic) bond motifs is 1. The van der Waals surface area contributed by atoms with Crippen LogP contribution in [-0.2, 0) is 0 Å². The topological polar surface area (TPSA) is 64.1 Å². The maximum Gasteiger partial charge on any atom is 0.258 e. The molecule has 174 valence electrons. The van der Waals surface area contributed by atoms with Crippen LogP contribution in [0.25, 0.3) is 33.4 Å². The number of nitrogens with one attached hydrogen (secondary N) is 1. The van der Waals surface area contributed by atoms with Gasteiger partial charge in [0.1, 0.15) is 5.75 Å². The summed E-state index contributed by atoms with van der Waals surface area (Å²) in [5.41, 5.74) is 6.05. The van der Waals surface area contributed by atoms with Crippen molar-refractivity contribution in [1.29, 1.82) is 0 Å². The van der Waals surface area contributed by atoms with Crippen LogP contribution < -0.4 is 10.1 Å². The number of benzene rings is 3. The number of amides is 1. The Labute approximate surface area is 208 Å². The lowest BCUT2D eigenvalue weighted by Crippen LogP contribution is -2.13. The molecule has 5 nitrogen and oxygen atoms in total. The average molecular weight is 480 g/mol. The smallest absolute Gasteiger partial charge is 0.258 e. The Morgan fingerprint density at radius 3 is 2.46 bits per heavy atom. The normalized spacial score (nSPS) is 11.1. The van der Waals surface area contributed by atoms with Crippen LogP contribution in [0.15, 0.2) is 84.2 Å². The lowest BCUT2D eigenvalue weighted by Gasteiger charge is -2.10. The molecule has 1 N–H and O–H groups in total. The number of rotatable bonds is 6. The summed E-state index contributed by atoms with van der Waals surface area (Å²) in [5, 5.41) is 6.30. The molecule has 0 aliphatic carbocycles. The summed E-state index contributed by atoms with van der Waals surface area (Å²) in [7, 11) is 1.63. The van der Waals surface area contributed by atoms with Crippen LogP contribution in [0, 0.1) is 0 Å². The molecule has 5 aromatic rings. The van der Waals surface area contributed by atoms with Gasteiger partial charge in [0.05, 0.1) is 29.6 Å². The number of aromatic nitrogens is 2. The Balaban J connectivity index is 1.46. The minimum atomic E-state index is -0.219. The second kappa shape index (κ2) is 9.68. The van der Waals surface area contributed by atoms with Crippen LogP contribution in [0.5, 0.6) is 5.75 Å². The molecule has 0 unspecified atom stereocenters. The van der Waals surface area contributed by atoms with Crippen molar-refractivity contribution in [2.24, 2.45) is 0 Å². The van der Waals surface area contributed by atoms with Gasteiger partial charge in [-0.2, -0.15) is 0 Å². The highest BCUT2D eigenvalue weighted by atomic mass is 32.1. The van der Waals surface area contributed by atoms with Crippen molar-refractivity contribution in [3.05, 3.63) is 95.4 Å². The second-order valence-electron chi connectivity index (χ2n) is 8.57. The van der Waals surface area contributed by atoms with Gasteiger partial charge in [0.2, 0.25) is 0 Å². The molecule has 2 aromatic heterocycles. The molecule has 6 heteroatoms. The summed E-state index contributed by atoms with van der Waals surface area (Å²) >= 11 is 1.41. The number of hydrogen-bond acceptors (Lipinski definition) is 5. The standard InChI is InChI=1S/C29H25N3O2S/c1-18(2)19-11-13-20(14-12-19)27-17-35-29(31-27)32-28(33)24-16-26(21-7-6-8-22(15-21)34-3)30-25-10-5-4-9-23(24)25/h4-18H,1-3H3,(H,31,32,33). The van der Waals surface area contributed by atoms with Crippen molar-refractivity contribution in [2.45, 2.75) is 19.8 Å². The summed E-state index contributed by atoms with van der Waals surface area (Å²) in [6.45, 7) is 4.35. The monoisotopic (exact) mass is 479 g/mol. The van der Waals surface area contributed by atoms with Crippen molar-refractivity contribution < 1.29 is 9.53 Å². The quantitative estimate of drug-likeness (QED) is 0.275. The van der Waals surface area contributed by atoms with E-state index in [1.807, 2.05) is 60.0 Å². The highest BCUT2D eigenvalue weighted by molar-refractivity contribution is 7.14. The van der Waals surface area contributed by atoms with Crippen molar-refractivity contribution >= 4 is 33.3 Å². The van der Waals surface area contributed by atoms with Crippen LogP contribution >= 0.6 is 11.3 Å². The Hall–Kier alpha value is -4.03. The number of carbonyl (C=O) groups excluding carboxylic acids is 1. The molecule has 0 spiro atoms. The van der Waals surface area contributed by atoms with Gasteiger partial charge in [-0.3, -0.25) is 10.1 Å². The minimum Gasteiger partial charge on any atom is -0.497 e. The molecular weight excluding hydrogens is 454 g/mol. The van der Waals surface area contributed by atoms with Crippen LogP contribution in [0.4, 0.5) is 5.13 Å². The van der Waals surface area contributed by atoms with Gasteiger partial charge < -0.3 is 4.74 Å². The Kier molecular flexibility index (Phi) is 6.29. The molecular formula is C29H25N3O2S. The fraction of sp³-hybridized carbons (Fsp3) is 0.138. The van der Waals surface area contributed by atoms with Crippen LogP contribution in [0.1, 0.15) is 35.7 Å². The molecule has 0 aliphatic rings. The third kappa shape index (κ3) is 4.79. The zero-order valence-electron chi connectivity index (χ0n) is 19.8. The minimum absolute atomic E-state index is 0.219. The molecule has 0 radical (unpaired) electrons. The van der Waals surface area contributed by atoms with Gasteiger partial charge in [0, 0.05) is 21.9 Å². The van der Waals surface area contributed by atoms with Crippen LogP contribution in [0.3, 0.4) is 0 Å². The third-order valence-electron chi connectivity index (χ3n) is 5.92. The predicted octanol–water partition coefficient (Wildman–Crippen LogP) is 7.41. The van der Waals surface area contributed by atoms with E-state index >= 15 is 0 Å². The molecule has 0 aliphatic heterocycles. The first-order valence-corrected chi connectivity index (χ1v) is 12.3. The zero-order chi connectivity index (χ0) is 24.4. The molecule has 0 fully saturated rings. The maximum atomic E-state index is 13.4. The van der Waals surface area contributed by atoms with Gasteiger partial charge in [-0.05, 0) is 35.7 Å². The first-order valence-electron chi connectivity index (χ1n) is 11.4. The van der Waals surface area contributed by atoms with Gasteiger partial charge in [-0.25, -0.2) is 9.97 Å². The zero-order valence-corrected chi connectivity index (χ0v) is 20.6. The number of nitrogens with zero attached hydrogens (tertiary/aromatic N) is 2. The molecule has 35 heavy (non-hydrogen) atoms. The Bertz CT molecular complexity index is 1510. The van der Waals surface area contributed by atoms with Crippen molar-refractivity contribution in [2.75, 3.05) is 12.4 Å². The summed E-state index contributed by atoms with van der Waals surface area (Å²) in [6, 6.07) is 25.6.